The van der Waals surface area contributed by atoms with Crippen LogP contribution in [-0.2, 0) is 4.79 Å². The molecule has 0 unspecified atom stereocenters. The summed E-state index contributed by atoms with van der Waals surface area (Å²) in [6.07, 6.45) is 3.74. The number of hydrogen-bond donors (Lipinski definition) is 3. The molecule has 0 atom stereocenters. The molecule has 0 bridgehead atoms. The predicted molar refractivity (Wildman–Crippen MR) is 83.6 cm³/mol. The first kappa shape index (κ1) is 15.5. The number of rotatable bonds is 5. The molecule has 1 fully saturated rings. The molecule has 0 spiro atoms. The van der Waals surface area contributed by atoms with E-state index in [1.165, 1.54) is 0 Å². The summed E-state index contributed by atoms with van der Waals surface area (Å²) in [6, 6.07) is 7.53. The van der Waals surface area contributed by atoms with Crippen molar-refractivity contribution in [2.75, 3.05) is 18.4 Å². The van der Waals surface area contributed by atoms with Crippen LogP contribution >= 0.6 is 15.9 Å². The average molecular weight is 341 g/mol. The number of carbonyl (C=O) groups excluding carboxylic acids is 1. The molecule has 2 rings (SSSR count). The Bertz CT molecular complexity index is 428. The number of nitrogens with one attached hydrogen (secondary N) is 2. The summed E-state index contributed by atoms with van der Waals surface area (Å²) in [5.74, 6) is 0.557. The lowest BCUT2D eigenvalue weighted by molar-refractivity contribution is -0.115. The molecule has 0 saturated heterocycles. The van der Waals surface area contributed by atoms with Gasteiger partial charge in [-0.25, -0.2) is 0 Å². The molecule has 0 aromatic heterocycles. The summed E-state index contributed by atoms with van der Waals surface area (Å²) in [5, 5.41) is 15.5. The Balaban J connectivity index is 1.64. The van der Waals surface area contributed by atoms with Gasteiger partial charge in [0, 0.05) is 10.2 Å². The topological polar surface area (TPSA) is 61.4 Å². The number of aliphatic hydroxyl groups excluding tert-OH is 1. The van der Waals surface area contributed by atoms with Crippen LogP contribution in [0.5, 0.6) is 0 Å². The summed E-state index contributed by atoms with van der Waals surface area (Å²) in [7, 11) is 0. The number of amides is 1. The normalized spacial score (nSPS) is 22.5. The molecule has 0 heterocycles. The van der Waals surface area contributed by atoms with E-state index in [9.17, 15) is 9.90 Å². The van der Waals surface area contributed by atoms with Gasteiger partial charge in [0.1, 0.15) is 0 Å². The third-order valence-corrected chi connectivity index (χ3v) is 4.19. The second kappa shape index (κ2) is 7.76. The number of hydrogen-bond acceptors (Lipinski definition) is 3. The Morgan fingerprint density at radius 1 is 1.20 bits per heavy atom. The molecular formula is C15H21BrN2O2. The van der Waals surface area contributed by atoms with E-state index in [0.29, 0.717) is 12.5 Å². The second-order valence-corrected chi connectivity index (χ2v) is 6.28. The zero-order valence-corrected chi connectivity index (χ0v) is 13.0. The molecule has 1 aliphatic rings. The van der Waals surface area contributed by atoms with Crippen molar-refractivity contribution in [1.82, 2.24) is 5.32 Å². The maximum Gasteiger partial charge on any atom is 0.238 e. The standard InChI is InChI=1S/C15H21BrN2O2/c16-12-3-5-13(6-4-12)18-15(20)10-17-9-11-1-7-14(19)8-2-11/h3-6,11,14,17,19H,1-2,7-10H2,(H,18,20). The van der Waals surface area contributed by atoms with Gasteiger partial charge in [-0.05, 0) is 62.4 Å². The number of carbonyl (C=O) groups is 1. The first-order chi connectivity index (χ1) is 9.63. The van der Waals surface area contributed by atoms with Gasteiger partial charge in [-0.15, -0.1) is 0 Å². The lowest BCUT2D eigenvalue weighted by Gasteiger charge is -2.25. The quantitative estimate of drug-likeness (QED) is 0.771. The Morgan fingerprint density at radius 3 is 2.50 bits per heavy atom. The van der Waals surface area contributed by atoms with Crippen LogP contribution in [0.15, 0.2) is 28.7 Å². The van der Waals surface area contributed by atoms with Crippen molar-refractivity contribution in [3.8, 4) is 0 Å². The molecule has 20 heavy (non-hydrogen) atoms. The van der Waals surface area contributed by atoms with Gasteiger partial charge < -0.3 is 15.7 Å². The van der Waals surface area contributed by atoms with Crippen molar-refractivity contribution in [3.05, 3.63) is 28.7 Å². The van der Waals surface area contributed by atoms with E-state index in [0.717, 1.165) is 42.4 Å². The zero-order valence-electron chi connectivity index (χ0n) is 11.4. The van der Waals surface area contributed by atoms with Gasteiger partial charge in [-0.3, -0.25) is 4.79 Å². The number of benzene rings is 1. The van der Waals surface area contributed by atoms with Crippen LogP contribution < -0.4 is 10.6 Å². The van der Waals surface area contributed by atoms with Crippen molar-refractivity contribution in [2.24, 2.45) is 5.92 Å². The predicted octanol–water partition coefficient (Wildman–Crippen LogP) is 2.53. The summed E-state index contributed by atoms with van der Waals surface area (Å²) in [6.45, 7) is 1.18. The van der Waals surface area contributed by atoms with Crippen LogP contribution in [0.4, 0.5) is 5.69 Å². The van der Waals surface area contributed by atoms with Gasteiger partial charge in [-0.1, -0.05) is 15.9 Å². The summed E-state index contributed by atoms with van der Waals surface area (Å²) >= 11 is 3.36. The Morgan fingerprint density at radius 2 is 1.85 bits per heavy atom. The maximum absolute atomic E-state index is 11.8. The van der Waals surface area contributed by atoms with E-state index >= 15 is 0 Å². The Kier molecular flexibility index (Phi) is 6.01. The van der Waals surface area contributed by atoms with Crippen molar-refractivity contribution in [2.45, 2.75) is 31.8 Å². The molecule has 0 aliphatic heterocycles. The molecule has 0 radical (unpaired) electrons. The first-order valence-corrected chi connectivity index (χ1v) is 7.87. The Labute approximate surface area is 128 Å². The van der Waals surface area contributed by atoms with E-state index < -0.39 is 0 Å². The summed E-state index contributed by atoms with van der Waals surface area (Å²) in [4.78, 5) is 11.8. The van der Waals surface area contributed by atoms with Gasteiger partial charge in [0.25, 0.3) is 0 Å². The summed E-state index contributed by atoms with van der Waals surface area (Å²) < 4.78 is 0.994. The van der Waals surface area contributed by atoms with E-state index in [1.54, 1.807) is 0 Å². The second-order valence-electron chi connectivity index (χ2n) is 5.36. The number of aliphatic hydroxyl groups is 1. The van der Waals surface area contributed by atoms with Gasteiger partial charge in [0.2, 0.25) is 5.91 Å². The minimum Gasteiger partial charge on any atom is -0.393 e. The SMILES string of the molecule is O=C(CNCC1CCC(O)CC1)Nc1ccc(Br)cc1. The van der Waals surface area contributed by atoms with Crippen molar-refractivity contribution in [3.63, 3.8) is 0 Å². The van der Waals surface area contributed by atoms with Gasteiger partial charge >= 0.3 is 0 Å². The smallest absolute Gasteiger partial charge is 0.238 e. The monoisotopic (exact) mass is 340 g/mol. The molecule has 3 N–H and O–H groups in total. The molecule has 1 saturated carbocycles. The van der Waals surface area contributed by atoms with Crippen LogP contribution in [0.2, 0.25) is 0 Å². The molecular weight excluding hydrogens is 320 g/mol. The van der Waals surface area contributed by atoms with Crippen LogP contribution in [0.25, 0.3) is 0 Å². The lowest BCUT2D eigenvalue weighted by Crippen LogP contribution is -2.33. The van der Waals surface area contributed by atoms with Crippen molar-refractivity contribution < 1.29 is 9.90 Å². The molecule has 5 heteroatoms. The van der Waals surface area contributed by atoms with Crippen LogP contribution in [0, 0.1) is 5.92 Å². The van der Waals surface area contributed by atoms with Gasteiger partial charge in [0.15, 0.2) is 0 Å². The van der Waals surface area contributed by atoms with Crippen LogP contribution in [-0.4, -0.2) is 30.2 Å². The third kappa shape index (κ3) is 5.23. The maximum atomic E-state index is 11.8. The fourth-order valence-corrected chi connectivity index (χ4v) is 2.74. The van der Waals surface area contributed by atoms with Crippen LogP contribution in [0.3, 0.4) is 0 Å². The number of halogens is 1. The molecule has 1 aromatic carbocycles. The van der Waals surface area contributed by atoms with Crippen molar-refractivity contribution >= 4 is 27.5 Å². The Hall–Kier alpha value is -0.910. The molecule has 1 aliphatic carbocycles. The summed E-state index contributed by atoms with van der Waals surface area (Å²) in [5.41, 5.74) is 0.806. The van der Waals surface area contributed by atoms with E-state index in [4.69, 9.17) is 0 Å². The average Bonchev–Trinajstić information content (AvgIpc) is 2.44. The first-order valence-electron chi connectivity index (χ1n) is 7.07. The largest absolute Gasteiger partial charge is 0.393 e. The van der Waals surface area contributed by atoms with E-state index in [1.807, 2.05) is 24.3 Å². The third-order valence-electron chi connectivity index (χ3n) is 3.66. The highest BCUT2D eigenvalue weighted by Crippen LogP contribution is 2.23. The number of anilines is 1. The molecule has 4 nitrogen and oxygen atoms in total. The minimum absolute atomic E-state index is 0.0248. The highest BCUT2D eigenvalue weighted by molar-refractivity contribution is 9.10. The highest BCUT2D eigenvalue weighted by atomic mass is 79.9. The highest BCUT2D eigenvalue weighted by Gasteiger charge is 2.18. The van der Waals surface area contributed by atoms with E-state index in [2.05, 4.69) is 26.6 Å². The zero-order chi connectivity index (χ0) is 14.4. The molecule has 1 amide bonds. The van der Waals surface area contributed by atoms with Crippen molar-refractivity contribution in [1.29, 1.82) is 0 Å². The van der Waals surface area contributed by atoms with E-state index in [-0.39, 0.29) is 12.0 Å². The minimum atomic E-state index is -0.119. The lowest BCUT2D eigenvalue weighted by atomic mass is 9.87. The van der Waals surface area contributed by atoms with Gasteiger partial charge in [-0.2, -0.15) is 0 Å². The molecule has 110 valence electrons. The molecule has 1 aromatic rings. The fourth-order valence-electron chi connectivity index (χ4n) is 2.48. The fraction of sp³-hybridized carbons (Fsp3) is 0.533. The van der Waals surface area contributed by atoms with Crippen LogP contribution in [0.1, 0.15) is 25.7 Å². The van der Waals surface area contributed by atoms with Gasteiger partial charge in [0.05, 0.1) is 12.6 Å².